The van der Waals surface area contributed by atoms with Crippen LogP contribution in [0.25, 0.3) is 16.8 Å². The smallest absolute Gasteiger partial charge is 0.345 e. The molecule has 0 saturated carbocycles. The molecule has 1 aliphatic heterocycles. The van der Waals surface area contributed by atoms with E-state index in [1.807, 2.05) is 23.6 Å². The van der Waals surface area contributed by atoms with E-state index in [0.29, 0.717) is 13.1 Å². The molecule has 0 spiro atoms. The predicted molar refractivity (Wildman–Crippen MR) is 83.9 cm³/mol. The number of hydrogen-bond donors (Lipinski definition) is 1. The minimum Gasteiger partial charge on any atom is -0.345 e. The Morgan fingerprint density at radius 2 is 2.08 bits per heavy atom. The van der Waals surface area contributed by atoms with Crippen molar-refractivity contribution in [1.29, 1.82) is 0 Å². The lowest BCUT2D eigenvalue weighted by atomic mass is 9.91. The molecular weight excluding hydrogens is 319 g/mol. The molecule has 128 valence electrons. The number of aromatic amines is 1. The van der Waals surface area contributed by atoms with Gasteiger partial charge in [-0.05, 0) is 12.0 Å². The average Bonchev–Trinajstić information content (AvgIpc) is 3.21. The van der Waals surface area contributed by atoms with Gasteiger partial charge in [0, 0.05) is 37.1 Å². The van der Waals surface area contributed by atoms with E-state index in [1.54, 1.807) is 12.4 Å². The number of likely N-dealkylation sites (tertiary alicyclic amines) is 1. The van der Waals surface area contributed by atoms with Crippen LogP contribution in [0.3, 0.4) is 0 Å². The lowest BCUT2D eigenvalue weighted by molar-refractivity contribution is -0.143. The van der Waals surface area contributed by atoms with E-state index in [2.05, 4.69) is 15.0 Å². The van der Waals surface area contributed by atoms with Crippen molar-refractivity contribution in [2.75, 3.05) is 19.6 Å². The minimum absolute atomic E-state index is 0.0350. The van der Waals surface area contributed by atoms with Gasteiger partial charge < -0.3 is 4.98 Å². The molecule has 3 aromatic heterocycles. The zero-order chi connectivity index (χ0) is 16.9. The van der Waals surface area contributed by atoms with Gasteiger partial charge in [0.15, 0.2) is 11.3 Å². The maximum atomic E-state index is 12.8. The second-order valence-corrected chi connectivity index (χ2v) is 6.43. The first kappa shape index (κ1) is 15.4. The number of nitrogens with zero attached hydrogens (tertiary/aromatic N) is 4. The normalized spacial score (nSPS) is 22.8. The number of nitrogens with one attached hydrogen (secondary N) is 1. The van der Waals surface area contributed by atoms with E-state index < -0.39 is 12.7 Å². The summed E-state index contributed by atoms with van der Waals surface area (Å²) in [4.78, 5) is 13.3. The topological polar surface area (TPSA) is 49.2 Å². The Labute approximate surface area is 136 Å². The second kappa shape index (κ2) is 5.47. The van der Waals surface area contributed by atoms with Gasteiger partial charge in [-0.2, -0.15) is 13.2 Å². The van der Waals surface area contributed by atoms with Gasteiger partial charge in [-0.1, -0.05) is 13.3 Å². The third-order valence-corrected chi connectivity index (χ3v) is 4.89. The van der Waals surface area contributed by atoms with Gasteiger partial charge in [0.25, 0.3) is 0 Å². The van der Waals surface area contributed by atoms with Gasteiger partial charge in [0.1, 0.15) is 0 Å². The highest BCUT2D eigenvalue weighted by molar-refractivity contribution is 5.74. The molecule has 1 saturated heterocycles. The Morgan fingerprint density at radius 3 is 2.83 bits per heavy atom. The van der Waals surface area contributed by atoms with Crippen molar-refractivity contribution in [3.63, 3.8) is 0 Å². The van der Waals surface area contributed by atoms with Gasteiger partial charge in [0.05, 0.1) is 18.3 Å². The summed E-state index contributed by atoms with van der Waals surface area (Å²) in [5.41, 5.74) is 3.35. The third-order valence-electron chi connectivity index (χ3n) is 4.89. The molecule has 0 aromatic carbocycles. The van der Waals surface area contributed by atoms with Crippen molar-refractivity contribution >= 4 is 16.8 Å². The molecular formula is C16H18F3N5. The molecule has 5 nitrogen and oxygen atoms in total. The largest absolute Gasteiger partial charge is 0.401 e. The summed E-state index contributed by atoms with van der Waals surface area (Å²) in [5, 5.41) is 0. The number of hydrogen-bond acceptors (Lipinski definition) is 3. The van der Waals surface area contributed by atoms with Crippen molar-refractivity contribution in [2.45, 2.75) is 25.4 Å². The van der Waals surface area contributed by atoms with E-state index in [9.17, 15) is 13.2 Å². The fourth-order valence-electron chi connectivity index (χ4n) is 3.85. The second-order valence-electron chi connectivity index (χ2n) is 6.43. The highest BCUT2D eigenvalue weighted by Crippen LogP contribution is 2.36. The number of halogens is 3. The average molecular weight is 337 g/mol. The number of aromatic nitrogens is 4. The maximum absolute atomic E-state index is 12.8. The van der Waals surface area contributed by atoms with Crippen LogP contribution in [0.4, 0.5) is 13.2 Å². The van der Waals surface area contributed by atoms with Crippen LogP contribution in [0.1, 0.15) is 25.0 Å². The lowest BCUT2D eigenvalue weighted by Crippen LogP contribution is -2.32. The summed E-state index contributed by atoms with van der Waals surface area (Å²) in [6.45, 7) is 2.05. The van der Waals surface area contributed by atoms with E-state index in [1.165, 1.54) is 4.90 Å². The molecule has 24 heavy (non-hydrogen) atoms. The van der Waals surface area contributed by atoms with Crippen LogP contribution in [-0.2, 0) is 0 Å². The first-order chi connectivity index (χ1) is 11.5. The van der Waals surface area contributed by atoms with Crippen LogP contribution in [0.15, 0.2) is 24.7 Å². The SMILES string of the molecule is CC[C@@H]1CN(CC(F)(F)F)C[C@@H]1c1cnc2cnc3[nH]ccc3n12. The monoisotopic (exact) mass is 337 g/mol. The van der Waals surface area contributed by atoms with E-state index in [4.69, 9.17) is 0 Å². The molecule has 1 N–H and O–H groups in total. The van der Waals surface area contributed by atoms with Crippen LogP contribution in [0.5, 0.6) is 0 Å². The van der Waals surface area contributed by atoms with Crippen molar-refractivity contribution in [2.24, 2.45) is 5.92 Å². The van der Waals surface area contributed by atoms with Gasteiger partial charge in [0.2, 0.25) is 0 Å². The number of alkyl halides is 3. The first-order valence-corrected chi connectivity index (χ1v) is 8.05. The third kappa shape index (κ3) is 2.54. The van der Waals surface area contributed by atoms with Crippen molar-refractivity contribution in [3.8, 4) is 0 Å². The molecule has 4 heterocycles. The Hall–Kier alpha value is -2.09. The van der Waals surface area contributed by atoms with Crippen LogP contribution in [0, 0.1) is 5.92 Å². The summed E-state index contributed by atoms with van der Waals surface area (Å²) >= 11 is 0. The van der Waals surface area contributed by atoms with E-state index in [0.717, 1.165) is 28.9 Å². The molecule has 1 fully saturated rings. The maximum Gasteiger partial charge on any atom is 0.401 e. The van der Waals surface area contributed by atoms with Gasteiger partial charge in [-0.3, -0.25) is 9.30 Å². The summed E-state index contributed by atoms with van der Waals surface area (Å²) in [5.74, 6) is 0.224. The van der Waals surface area contributed by atoms with E-state index >= 15 is 0 Å². The molecule has 4 rings (SSSR count). The van der Waals surface area contributed by atoms with Gasteiger partial charge >= 0.3 is 6.18 Å². The molecule has 8 heteroatoms. The van der Waals surface area contributed by atoms with Crippen molar-refractivity contribution in [1.82, 2.24) is 24.3 Å². The highest BCUT2D eigenvalue weighted by atomic mass is 19.4. The number of H-pyrrole nitrogens is 1. The quantitative estimate of drug-likeness (QED) is 0.798. The summed E-state index contributed by atoms with van der Waals surface area (Å²) in [7, 11) is 0. The molecule has 0 bridgehead atoms. The summed E-state index contributed by atoms with van der Waals surface area (Å²) in [6, 6.07) is 1.92. The van der Waals surface area contributed by atoms with Gasteiger partial charge in [-0.25, -0.2) is 9.97 Å². The lowest BCUT2D eigenvalue weighted by Gasteiger charge is -2.17. The molecule has 0 unspecified atom stereocenters. The molecule has 1 aliphatic rings. The molecule has 0 radical (unpaired) electrons. The van der Waals surface area contributed by atoms with Crippen LogP contribution < -0.4 is 0 Å². The number of imidazole rings is 1. The Morgan fingerprint density at radius 1 is 1.25 bits per heavy atom. The molecule has 0 amide bonds. The predicted octanol–water partition coefficient (Wildman–Crippen LogP) is 3.20. The highest BCUT2D eigenvalue weighted by Gasteiger charge is 2.40. The van der Waals surface area contributed by atoms with Crippen LogP contribution >= 0.6 is 0 Å². The molecule has 2 atom stereocenters. The Balaban J connectivity index is 1.74. The zero-order valence-electron chi connectivity index (χ0n) is 13.2. The van der Waals surface area contributed by atoms with Crippen LogP contribution in [0.2, 0.25) is 0 Å². The number of rotatable bonds is 3. The molecule has 3 aromatic rings. The fraction of sp³-hybridized carbons (Fsp3) is 0.500. The standard InChI is InChI=1S/C16H18F3N5/c1-2-10-7-23(9-16(17,18)19)8-11(10)13-5-21-14-6-22-15-12(24(13)14)3-4-20-15/h3-6,10-11,20H,2,7-9H2,1H3/t10-,11+/m1/s1. The van der Waals surface area contributed by atoms with Crippen molar-refractivity contribution < 1.29 is 13.2 Å². The van der Waals surface area contributed by atoms with E-state index in [-0.39, 0.29) is 11.8 Å². The Bertz CT molecular complexity index is 865. The van der Waals surface area contributed by atoms with Crippen LogP contribution in [-0.4, -0.2) is 50.1 Å². The van der Waals surface area contributed by atoms with Gasteiger partial charge in [-0.15, -0.1) is 0 Å². The number of fused-ring (bicyclic) bond motifs is 3. The molecule has 0 aliphatic carbocycles. The zero-order valence-corrected chi connectivity index (χ0v) is 13.2. The Kier molecular flexibility index (Phi) is 3.52. The fourth-order valence-corrected chi connectivity index (χ4v) is 3.85. The minimum atomic E-state index is -4.16. The van der Waals surface area contributed by atoms with Crippen molar-refractivity contribution in [3.05, 3.63) is 30.4 Å². The summed E-state index contributed by atoms with van der Waals surface area (Å²) in [6.07, 6.45) is 1.96. The summed E-state index contributed by atoms with van der Waals surface area (Å²) < 4.78 is 40.3. The first-order valence-electron chi connectivity index (χ1n) is 8.05.